The minimum absolute atomic E-state index is 0.0539. The van der Waals surface area contributed by atoms with Gasteiger partial charge >= 0.3 is 0 Å². The van der Waals surface area contributed by atoms with Crippen LogP contribution in [-0.2, 0) is 40.0 Å². The van der Waals surface area contributed by atoms with Crippen molar-refractivity contribution in [2.45, 2.75) is 147 Å². The monoisotopic (exact) mass is 880 g/mol. The molecule has 63 heavy (non-hydrogen) atoms. The van der Waals surface area contributed by atoms with Crippen LogP contribution in [0.5, 0.6) is 11.5 Å². The SMILES string of the molecule is CCCCCCCCCCCCCCCC(=O)N(C)[C@H](CO)C(=O)N[C@H](C)C(=O)NCC(=O)N(C)[C@@H]1C(=O)N[C@@H](C)C(=O)N[C@H](C(N)=O)Cc2ccc(O)c(c2)-c2cc1ccc2O. The van der Waals surface area contributed by atoms with E-state index in [9.17, 15) is 48.9 Å². The summed E-state index contributed by atoms with van der Waals surface area (Å²) >= 11 is 0. The van der Waals surface area contributed by atoms with Crippen molar-refractivity contribution in [3.8, 4) is 22.6 Å². The third-order valence-electron chi connectivity index (χ3n) is 11.6. The number of unbranched alkanes of at least 4 members (excludes halogenated alkanes) is 12. The number of phenols is 2. The topological polar surface area (TPSA) is 261 Å². The summed E-state index contributed by atoms with van der Waals surface area (Å²) in [7, 11) is 2.72. The van der Waals surface area contributed by atoms with Crippen molar-refractivity contribution < 1.29 is 48.9 Å². The number of nitrogens with two attached hydrogens (primary N) is 1. The van der Waals surface area contributed by atoms with Crippen LogP contribution in [0.1, 0.15) is 128 Å². The van der Waals surface area contributed by atoms with Gasteiger partial charge in [-0.2, -0.15) is 0 Å². The largest absolute Gasteiger partial charge is 0.507 e. The van der Waals surface area contributed by atoms with Gasteiger partial charge in [0.15, 0.2) is 0 Å². The Kier molecular flexibility index (Phi) is 21.3. The van der Waals surface area contributed by atoms with Crippen LogP contribution in [0.3, 0.4) is 0 Å². The van der Waals surface area contributed by atoms with Crippen molar-refractivity contribution in [3.05, 3.63) is 47.5 Å². The Morgan fingerprint density at radius 1 is 0.778 bits per heavy atom. The molecule has 1 aliphatic rings. The Balaban J connectivity index is 1.60. The van der Waals surface area contributed by atoms with Crippen molar-refractivity contribution in [2.75, 3.05) is 27.2 Å². The van der Waals surface area contributed by atoms with Gasteiger partial charge in [0, 0.05) is 38.1 Å². The fourth-order valence-electron chi connectivity index (χ4n) is 7.51. The molecular formula is C46H69N7O10. The molecule has 5 atom stereocenters. The number of carbonyl (C=O) groups is 7. The summed E-state index contributed by atoms with van der Waals surface area (Å²) in [4.78, 5) is 94.4. The molecule has 0 spiro atoms. The van der Waals surface area contributed by atoms with E-state index >= 15 is 0 Å². The fourth-order valence-corrected chi connectivity index (χ4v) is 7.51. The highest BCUT2D eigenvalue weighted by atomic mass is 16.3. The molecule has 0 saturated heterocycles. The van der Waals surface area contributed by atoms with E-state index in [0.29, 0.717) is 12.0 Å². The van der Waals surface area contributed by atoms with Crippen LogP contribution in [0.2, 0.25) is 0 Å². The molecular weight excluding hydrogens is 811 g/mol. The Morgan fingerprint density at radius 2 is 1.33 bits per heavy atom. The lowest BCUT2D eigenvalue weighted by atomic mass is 9.94. The molecule has 1 aliphatic heterocycles. The van der Waals surface area contributed by atoms with Crippen molar-refractivity contribution in [1.29, 1.82) is 0 Å². The molecule has 0 saturated carbocycles. The molecule has 348 valence electrons. The normalized spacial score (nSPS) is 17.3. The third kappa shape index (κ3) is 15.9. The van der Waals surface area contributed by atoms with Crippen LogP contribution < -0.4 is 27.0 Å². The number of aliphatic hydroxyl groups excluding tert-OH is 1. The van der Waals surface area contributed by atoms with E-state index in [1.165, 1.54) is 127 Å². The maximum atomic E-state index is 13.9. The average Bonchev–Trinajstić information content (AvgIpc) is 3.24. The standard InChI is InChI=1S/C46H69N7O10/c1-6-7-8-9-10-11-12-13-14-15-16-17-18-19-39(57)52(4)36(28-54)45(62)49-29(2)43(60)48-27-40(58)53(5)41-32-21-23-38(56)34(26-32)33-24-31(20-22-37(33)55)25-35(42(47)59)51-44(61)30(3)50-46(41)63/h20-24,26,29-30,35-36,41,54-56H,6-19,25,27-28H2,1-5H3,(H2,47,59)(H,48,60)(H,49,62)(H,50,63)(H,51,61)/t29-,30+,35+,36-,41+/m1/s1. The first kappa shape index (κ1) is 51.6. The number of primary amides is 1. The van der Waals surface area contributed by atoms with Crippen molar-refractivity contribution in [3.63, 3.8) is 0 Å². The number of likely N-dealkylation sites (N-methyl/N-ethyl adjacent to an activating group) is 2. The highest BCUT2D eigenvalue weighted by molar-refractivity contribution is 5.96. The molecule has 0 fully saturated rings. The molecule has 0 radical (unpaired) electrons. The number of amides is 7. The van der Waals surface area contributed by atoms with Gasteiger partial charge in [0.1, 0.15) is 41.7 Å². The predicted octanol–water partition coefficient (Wildman–Crippen LogP) is 3.22. The van der Waals surface area contributed by atoms with Crippen molar-refractivity contribution >= 4 is 41.4 Å². The number of nitrogens with zero attached hydrogens (tertiary/aromatic N) is 2. The van der Waals surface area contributed by atoms with Gasteiger partial charge in [-0.25, -0.2) is 0 Å². The van der Waals surface area contributed by atoms with Gasteiger partial charge in [0.05, 0.1) is 13.2 Å². The van der Waals surface area contributed by atoms with Crippen molar-refractivity contribution in [1.82, 2.24) is 31.1 Å². The van der Waals surface area contributed by atoms with Gasteiger partial charge in [0.25, 0.3) is 0 Å². The molecule has 0 unspecified atom stereocenters. The molecule has 17 heteroatoms. The van der Waals surface area contributed by atoms with Gasteiger partial charge in [-0.3, -0.25) is 33.6 Å². The smallest absolute Gasteiger partial charge is 0.248 e. The Labute approximate surface area is 370 Å². The summed E-state index contributed by atoms with van der Waals surface area (Å²) in [6, 6.07) is 2.17. The number of hydrogen-bond donors (Lipinski definition) is 8. The Bertz CT molecular complexity index is 1890. The number of nitrogens with one attached hydrogen (secondary N) is 4. The Hall–Kier alpha value is -5.71. The zero-order chi connectivity index (χ0) is 46.6. The van der Waals surface area contributed by atoms with Gasteiger partial charge in [-0.05, 0) is 55.7 Å². The third-order valence-corrected chi connectivity index (χ3v) is 11.6. The van der Waals surface area contributed by atoms with Crippen LogP contribution in [0.15, 0.2) is 36.4 Å². The molecule has 2 aromatic carbocycles. The molecule has 17 nitrogen and oxygen atoms in total. The summed E-state index contributed by atoms with van der Waals surface area (Å²) in [6.45, 7) is 3.66. The summed E-state index contributed by atoms with van der Waals surface area (Å²) < 4.78 is 0. The van der Waals surface area contributed by atoms with Gasteiger partial charge in [-0.15, -0.1) is 0 Å². The first-order chi connectivity index (χ1) is 30.0. The second-order valence-electron chi connectivity index (χ2n) is 16.6. The van der Waals surface area contributed by atoms with Crippen LogP contribution >= 0.6 is 0 Å². The van der Waals surface area contributed by atoms with E-state index in [-0.39, 0.29) is 46.9 Å². The molecule has 7 amide bonds. The highest BCUT2D eigenvalue weighted by Gasteiger charge is 2.34. The summed E-state index contributed by atoms with van der Waals surface area (Å²) in [5, 5.41) is 41.7. The van der Waals surface area contributed by atoms with Gasteiger partial charge < -0.3 is 52.1 Å². The summed E-state index contributed by atoms with van der Waals surface area (Å²) in [6.07, 6.45) is 15.3. The van der Waals surface area contributed by atoms with E-state index in [1.807, 2.05) is 0 Å². The lowest BCUT2D eigenvalue weighted by Gasteiger charge is -2.30. The van der Waals surface area contributed by atoms with E-state index < -0.39 is 78.8 Å². The van der Waals surface area contributed by atoms with Crippen molar-refractivity contribution in [2.24, 2.45) is 5.73 Å². The number of hydrogen-bond acceptors (Lipinski definition) is 10. The fraction of sp³-hybridized carbons (Fsp3) is 0.587. The highest BCUT2D eigenvalue weighted by Crippen LogP contribution is 2.38. The number of fused-ring (bicyclic) bond motifs is 5. The van der Waals surface area contributed by atoms with Gasteiger partial charge in [0.2, 0.25) is 41.4 Å². The number of benzene rings is 2. The average molecular weight is 880 g/mol. The van der Waals surface area contributed by atoms with E-state index in [4.69, 9.17) is 5.73 Å². The predicted molar refractivity (Wildman–Crippen MR) is 238 cm³/mol. The number of carbonyl (C=O) groups excluding carboxylic acids is 7. The number of phenolic OH excluding ortho intramolecular Hbond substituents is 2. The Morgan fingerprint density at radius 3 is 1.90 bits per heavy atom. The minimum Gasteiger partial charge on any atom is -0.507 e. The first-order valence-corrected chi connectivity index (χ1v) is 22.3. The quantitative estimate of drug-likeness (QED) is 0.0756. The zero-order valence-corrected chi connectivity index (χ0v) is 37.5. The minimum atomic E-state index is -1.44. The molecule has 3 rings (SSSR count). The second kappa shape index (κ2) is 26.0. The number of aliphatic hydroxyl groups is 1. The molecule has 2 aromatic rings. The van der Waals surface area contributed by atoms with Gasteiger partial charge in [-0.1, -0.05) is 96.1 Å². The van der Waals surface area contributed by atoms with Crippen LogP contribution in [0.25, 0.3) is 11.1 Å². The molecule has 1 heterocycles. The van der Waals surface area contributed by atoms with Crippen LogP contribution in [-0.4, -0.2) is 118 Å². The van der Waals surface area contributed by atoms with Crippen LogP contribution in [0.4, 0.5) is 0 Å². The van der Waals surface area contributed by atoms with Crippen LogP contribution in [0, 0.1) is 0 Å². The molecule has 4 bridgehead atoms. The maximum Gasteiger partial charge on any atom is 0.248 e. The molecule has 0 aliphatic carbocycles. The lowest BCUT2D eigenvalue weighted by Crippen LogP contribution is -2.55. The van der Waals surface area contributed by atoms with E-state index in [2.05, 4.69) is 28.2 Å². The summed E-state index contributed by atoms with van der Waals surface area (Å²) in [5.74, 6) is -5.53. The van der Waals surface area contributed by atoms with E-state index in [1.54, 1.807) is 0 Å². The lowest BCUT2D eigenvalue weighted by molar-refractivity contribution is -0.142. The number of aromatic hydroxyl groups is 2. The maximum absolute atomic E-state index is 13.9. The molecule has 9 N–H and O–H groups in total. The number of rotatable bonds is 23. The van der Waals surface area contributed by atoms with E-state index in [0.717, 1.165) is 24.2 Å². The second-order valence-corrected chi connectivity index (χ2v) is 16.6. The summed E-state index contributed by atoms with van der Waals surface area (Å²) in [5.41, 5.74) is 6.47. The zero-order valence-electron chi connectivity index (χ0n) is 37.5. The molecule has 0 aromatic heterocycles. The first-order valence-electron chi connectivity index (χ1n) is 22.3.